The van der Waals surface area contributed by atoms with Crippen LogP contribution in [0.25, 0.3) is 0 Å². The molecule has 5 heteroatoms. The van der Waals surface area contributed by atoms with Crippen molar-refractivity contribution in [2.45, 2.75) is 33.1 Å². The van der Waals surface area contributed by atoms with Gasteiger partial charge in [-0.2, -0.15) is 0 Å². The van der Waals surface area contributed by atoms with E-state index in [1.807, 2.05) is 20.0 Å². The van der Waals surface area contributed by atoms with Crippen LogP contribution in [0.4, 0.5) is 11.6 Å². The number of aromatic nitrogens is 2. The third-order valence-electron chi connectivity index (χ3n) is 3.03. The molecule has 0 radical (unpaired) electrons. The van der Waals surface area contributed by atoms with Crippen LogP contribution in [0.5, 0.6) is 0 Å². The largest absolute Gasteiger partial charge is 0.396 e. The van der Waals surface area contributed by atoms with Gasteiger partial charge in [-0.3, -0.25) is 0 Å². The first kappa shape index (κ1) is 14.7. The highest BCUT2D eigenvalue weighted by atomic mass is 16.3. The summed E-state index contributed by atoms with van der Waals surface area (Å²) in [5.41, 5.74) is 0. The van der Waals surface area contributed by atoms with E-state index in [-0.39, 0.29) is 6.61 Å². The zero-order valence-corrected chi connectivity index (χ0v) is 11.5. The number of aliphatic hydroxyl groups excluding tert-OH is 1. The van der Waals surface area contributed by atoms with E-state index < -0.39 is 0 Å². The summed E-state index contributed by atoms with van der Waals surface area (Å²) in [5, 5.41) is 15.3. The number of nitrogens with zero attached hydrogens (tertiary/aromatic N) is 2. The van der Waals surface area contributed by atoms with Gasteiger partial charge in [0.2, 0.25) is 0 Å². The Morgan fingerprint density at radius 2 is 2.00 bits per heavy atom. The third-order valence-corrected chi connectivity index (χ3v) is 3.03. The van der Waals surface area contributed by atoms with Crippen molar-refractivity contribution in [3.8, 4) is 0 Å². The molecule has 1 aromatic rings. The molecule has 1 heterocycles. The number of aliphatic hydroxyl groups is 1. The molecule has 0 saturated carbocycles. The van der Waals surface area contributed by atoms with Crippen LogP contribution >= 0.6 is 0 Å². The van der Waals surface area contributed by atoms with Crippen LogP contribution < -0.4 is 10.6 Å². The molecule has 1 aromatic heterocycles. The fourth-order valence-electron chi connectivity index (χ4n) is 1.76. The Morgan fingerprint density at radius 1 is 1.28 bits per heavy atom. The third kappa shape index (κ3) is 4.49. The second-order valence-electron chi connectivity index (χ2n) is 4.33. The summed E-state index contributed by atoms with van der Waals surface area (Å²) in [6.45, 7) is 5.25. The minimum absolute atomic E-state index is 0.242. The van der Waals surface area contributed by atoms with Crippen molar-refractivity contribution >= 4 is 11.6 Å². The topological polar surface area (TPSA) is 70.1 Å². The lowest BCUT2D eigenvalue weighted by molar-refractivity contribution is 0.258. The van der Waals surface area contributed by atoms with E-state index in [2.05, 4.69) is 27.5 Å². The van der Waals surface area contributed by atoms with Gasteiger partial charge in [0.05, 0.1) is 0 Å². The van der Waals surface area contributed by atoms with Crippen molar-refractivity contribution in [3.63, 3.8) is 0 Å². The van der Waals surface area contributed by atoms with Crippen LogP contribution in [-0.2, 0) is 6.42 Å². The molecule has 102 valence electrons. The fraction of sp³-hybridized carbons (Fsp3) is 0.692. The van der Waals surface area contributed by atoms with Crippen molar-refractivity contribution in [1.82, 2.24) is 9.97 Å². The maximum absolute atomic E-state index is 8.97. The summed E-state index contributed by atoms with van der Waals surface area (Å²) >= 11 is 0. The minimum atomic E-state index is 0.242. The Kier molecular flexibility index (Phi) is 6.43. The minimum Gasteiger partial charge on any atom is -0.396 e. The molecule has 18 heavy (non-hydrogen) atoms. The van der Waals surface area contributed by atoms with Gasteiger partial charge in [0.25, 0.3) is 0 Å². The highest BCUT2D eigenvalue weighted by Crippen LogP contribution is 2.14. The Labute approximate surface area is 109 Å². The highest BCUT2D eigenvalue weighted by molar-refractivity contribution is 5.47. The molecule has 0 saturated heterocycles. The van der Waals surface area contributed by atoms with Crippen LogP contribution in [0.3, 0.4) is 0 Å². The molecule has 0 spiro atoms. The van der Waals surface area contributed by atoms with Crippen molar-refractivity contribution in [3.05, 3.63) is 11.9 Å². The average molecular weight is 252 g/mol. The molecule has 3 N–H and O–H groups in total. The molecule has 0 aliphatic carbocycles. The first-order valence-electron chi connectivity index (χ1n) is 6.63. The average Bonchev–Trinajstić information content (AvgIpc) is 2.42. The molecule has 1 unspecified atom stereocenters. The number of hydrogen-bond acceptors (Lipinski definition) is 5. The van der Waals surface area contributed by atoms with Gasteiger partial charge < -0.3 is 15.7 Å². The molecule has 0 aromatic carbocycles. The van der Waals surface area contributed by atoms with Gasteiger partial charge in [0, 0.05) is 32.7 Å². The normalized spacial score (nSPS) is 12.2. The number of nitrogens with one attached hydrogen (secondary N) is 2. The van der Waals surface area contributed by atoms with Gasteiger partial charge in [-0.1, -0.05) is 20.3 Å². The van der Waals surface area contributed by atoms with Gasteiger partial charge >= 0.3 is 0 Å². The first-order valence-corrected chi connectivity index (χ1v) is 6.63. The second kappa shape index (κ2) is 7.87. The standard InChI is InChI=1S/C13H24N4O/c1-4-10(6-7-18)9-15-13-8-12(14-3)16-11(5-2)17-13/h8,10,18H,4-7,9H2,1-3H3,(H2,14,15,16,17). The van der Waals surface area contributed by atoms with Gasteiger partial charge in [0.1, 0.15) is 17.5 Å². The van der Waals surface area contributed by atoms with E-state index >= 15 is 0 Å². The lowest BCUT2D eigenvalue weighted by Crippen LogP contribution is -2.16. The molecular weight excluding hydrogens is 228 g/mol. The van der Waals surface area contributed by atoms with Crippen LogP contribution in [0, 0.1) is 5.92 Å². The highest BCUT2D eigenvalue weighted by Gasteiger charge is 2.07. The van der Waals surface area contributed by atoms with Crippen LogP contribution in [0.15, 0.2) is 6.07 Å². The van der Waals surface area contributed by atoms with Crippen LogP contribution in [-0.4, -0.2) is 35.3 Å². The number of anilines is 2. The molecule has 0 bridgehead atoms. The van der Waals surface area contributed by atoms with Gasteiger partial charge in [-0.25, -0.2) is 9.97 Å². The fourth-order valence-corrected chi connectivity index (χ4v) is 1.76. The summed E-state index contributed by atoms with van der Waals surface area (Å²) in [5.74, 6) is 3.00. The maximum Gasteiger partial charge on any atom is 0.132 e. The van der Waals surface area contributed by atoms with E-state index in [0.29, 0.717) is 5.92 Å². The van der Waals surface area contributed by atoms with Gasteiger partial charge in [0.15, 0.2) is 0 Å². The van der Waals surface area contributed by atoms with E-state index in [1.165, 1.54) is 0 Å². The lowest BCUT2D eigenvalue weighted by atomic mass is 10.0. The molecular formula is C13H24N4O. The van der Waals surface area contributed by atoms with E-state index in [4.69, 9.17) is 5.11 Å². The van der Waals surface area contributed by atoms with Crippen LogP contribution in [0.1, 0.15) is 32.5 Å². The zero-order valence-electron chi connectivity index (χ0n) is 11.5. The van der Waals surface area contributed by atoms with E-state index in [0.717, 1.165) is 43.3 Å². The van der Waals surface area contributed by atoms with E-state index in [1.54, 1.807) is 0 Å². The molecule has 5 nitrogen and oxygen atoms in total. The smallest absolute Gasteiger partial charge is 0.132 e. The molecule has 1 rings (SSSR count). The number of aryl methyl sites for hydroxylation is 1. The van der Waals surface area contributed by atoms with Gasteiger partial charge in [-0.15, -0.1) is 0 Å². The van der Waals surface area contributed by atoms with Gasteiger partial charge in [-0.05, 0) is 12.3 Å². The molecule has 0 aliphatic rings. The number of rotatable bonds is 8. The number of hydrogen-bond donors (Lipinski definition) is 3. The summed E-state index contributed by atoms with van der Waals surface area (Å²) in [7, 11) is 1.85. The Morgan fingerprint density at radius 3 is 2.56 bits per heavy atom. The molecule has 0 aliphatic heterocycles. The van der Waals surface area contributed by atoms with Crippen molar-refractivity contribution in [2.75, 3.05) is 30.8 Å². The Hall–Kier alpha value is -1.36. The summed E-state index contributed by atoms with van der Waals surface area (Å²) in [4.78, 5) is 8.79. The zero-order chi connectivity index (χ0) is 13.4. The predicted molar refractivity (Wildman–Crippen MR) is 74.9 cm³/mol. The Bertz CT molecular complexity index is 335. The SMILES string of the molecule is CCc1nc(NC)cc(NCC(CC)CCO)n1. The van der Waals surface area contributed by atoms with E-state index in [9.17, 15) is 0 Å². The quantitative estimate of drug-likeness (QED) is 0.659. The van der Waals surface area contributed by atoms with Crippen molar-refractivity contribution < 1.29 is 5.11 Å². The predicted octanol–water partition coefficient (Wildman–Crippen LogP) is 1.90. The summed E-state index contributed by atoms with van der Waals surface area (Å²) in [6.07, 6.45) is 2.70. The summed E-state index contributed by atoms with van der Waals surface area (Å²) in [6, 6.07) is 1.91. The second-order valence-corrected chi connectivity index (χ2v) is 4.33. The Balaban J connectivity index is 2.65. The molecule has 1 atom stereocenters. The monoisotopic (exact) mass is 252 g/mol. The van der Waals surface area contributed by atoms with Crippen molar-refractivity contribution in [1.29, 1.82) is 0 Å². The maximum atomic E-state index is 8.97. The summed E-state index contributed by atoms with van der Waals surface area (Å²) < 4.78 is 0. The van der Waals surface area contributed by atoms with Crippen LogP contribution in [0.2, 0.25) is 0 Å². The molecule has 0 fully saturated rings. The molecule has 0 amide bonds. The first-order chi connectivity index (χ1) is 8.73. The lowest BCUT2D eigenvalue weighted by Gasteiger charge is -2.15. The van der Waals surface area contributed by atoms with Crippen molar-refractivity contribution in [2.24, 2.45) is 5.92 Å².